The van der Waals surface area contributed by atoms with Gasteiger partial charge in [-0.3, -0.25) is 14.4 Å². The summed E-state index contributed by atoms with van der Waals surface area (Å²) in [5.74, 6) is 0.819. The average molecular weight is 835 g/mol. The number of unbranched alkanes of at least 4 members (excludes halogenated alkanes) is 32. The topological polar surface area (TPSA) is 78.9 Å². The molecule has 0 heterocycles. The van der Waals surface area contributed by atoms with Crippen molar-refractivity contribution in [2.45, 2.75) is 298 Å². The Balaban J connectivity index is 4.28. The second kappa shape index (κ2) is 45.9. The SMILES string of the molecule is CCCCCCCCCCCCCC(=O)O[C@H](COC(=O)CCCCCCCCCCCCCCCC(C)C)COC(=O)CCCCCCCCCCCCCC(C)C. The van der Waals surface area contributed by atoms with E-state index in [1.807, 2.05) is 0 Å². The van der Waals surface area contributed by atoms with E-state index in [4.69, 9.17) is 14.2 Å². The molecule has 0 saturated carbocycles. The minimum absolute atomic E-state index is 0.0635. The van der Waals surface area contributed by atoms with Gasteiger partial charge in [-0.1, -0.05) is 253 Å². The molecule has 6 heteroatoms. The van der Waals surface area contributed by atoms with Crippen LogP contribution in [0.3, 0.4) is 0 Å². The molecule has 0 bridgehead atoms. The first-order valence-corrected chi connectivity index (χ1v) is 26.2. The number of hydrogen-bond donors (Lipinski definition) is 0. The fourth-order valence-corrected chi connectivity index (χ4v) is 7.99. The lowest BCUT2D eigenvalue weighted by Gasteiger charge is -2.18. The minimum atomic E-state index is -0.761. The van der Waals surface area contributed by atoms with Gasteiger partial charge in [0.15, 0.2) is 6.10 Å². The zero-order valence-corrected chi connectivity index (χ0v) is 40.4. The molecule has 0 aliphatic heterocycles. The molecule has 0 amide bonds. The summed E-state index contributed by atoms with van der Waals surface area (Å²) in [6, 6.07) is 0. The molecule has 0 aromatic rings. The molecule has 0 saturated heterocycles. The van der Waals surface area contributed by atoms with Gasteiger partial charge in [0.2, 0.25) is 0 Å². The molecule has 0 rings (SSSR count). The lowest BCUT2D eigenvalue weighted by atomic mass is 10.0. The number of rotatable bonds is 47. The van der Waals surface area contributed by atoms with Crippen molar-refractivity contribution in [3.63, 3.8) is 0 Å². The molecule has 0 N–H and O–H groups in total. The van der Waals surface area contributed by atoms with Gasteiger partial charge in [0.25, 0.3) is 0 Å². The fourth-order valence-electron chi connectivity index (χ4n) is 7.99. The lowest BCUT2D eigenvalue weighted by molar-refractivity contribution is -0.167. The lowest BCUT2D eigenvalue weighted by Crippen LogP contribution is -2.30. The molecule has 0 aliphatic rings. The average Bonchev–Trinajstić information content (AvgIpc) is 3.20. The quantitative estimate of drug-likeness (QED) is 0.0345. The number of carbonyl (C=O) groups excluding carboxylic acids is 3. The van der Waals surface area contributed by atoms with Crippen LogP contribution < -0.4 is 0 Å². The van der Waals surface area contributed by atoms with E-state index < -0.39 is 6.10 Å². The van der Waals surface area contributed by atoms with E-state index in [1.165, 1.54) is 180 Å². The van der Waals surface area contributed by atoms with Gasteiger partial charge in [0.1, 0.15) is 13.2 Å². The highest BCUT2D eigenvalue weighted by atomic mass is 16.6. The molecule has 0 fully saturated rings. The van der Waals surface area contributed by atoms with Crippen LogP contribution in [0.4, 0.5) is 0 Å². The molecule has 0 spiro atoms. The highest BCUT2D eigenvalue weighted by molar-refractivity contribution is 5.71. The molecule has 0 aliphatic carbocycles. The molecular formula is C53H102O6. The van der Waals surface area contributed by atoms with Crippen molar-refractivity contribution in [2.75, 3.05) is 13.2 Å². The Morgan fingerprint density at radius 2 is 0.559 bits per heavy atom. The van der Waals surface area contributed by atoms with Crippen molar-refractivity contribution in [1.82, 2.24) is 0 Å². The van der Waals surface area contributed by atoms with Gasteiger partial charge in [-0.05, 0) is 31.1 Å². The Kier molecular flexibility index (Phi) is 44.7. The number of carbonyl (C=O) groups is 3. The van der Waals surface area contributed by atoms with Crippen LogP contribution in [-0.2, 0) is 28.6 Å². The maximum atomic E-state index is 12.8. The summed E-state index contributed by atoms with van der Waals surface area (Å²) < 4.78 is 16.8. The largest absolute Gasteiger partial charge is 0.462 e. The van der Waals surface area contributed by atoms with Crippen LogP contribution in [0.1, 0.15) is 291 Å². The van der Waals surface area contributed by atoms with Gasteiger partial charge in [-0.2, -0.15) is 0 Å². The number of esters is 3. The summed E-state index contributed by atoms with van der Waals surface area (Å²) in [5.41, 5.74) is 0. The summed E-state index contributed by atoms with van der Waals surface area (Å²) >= 11 is 0. The van der Waals surface area contributed by atoms with Crippen molar-refractivity contribution < 1.29 is 28.6 Å². The van der Waals surface area contributed by atoms with E-state index in [-0.39, 0.29) is 31.1 Å². The normalized spacial score (nSPS) is 12.1. The van der Waals surface area contributed by atoms with Crippen molar-refractivity contribution in [1.29, 1.82) is 0 Å². The van der Waals surface area contributed by atoms with Crippen molar-refractivity contribution in [3.8, 4) is 0 Å². The molecule has 6 nitrogen and oxygen atoms in total. The molecular weight excluding hydrogens is 733 g/mol. The monoisotopic (exact) mass is 835 g/mol. The molecule has 0 aromatic heterocycles. The third kappa shape index (κ3) is 47.3. The van der Waals surface area contributed by atoms with E-state index in [1.54, 1.807) is 0 Å². The third-order valence-electron chi connectivity index (χ3n) is 12.0. The molecule has 1 atom stereocenters. The van der Waals surface area contributed by atoms with E-state index in [9.17, 15) is 14.4 Å². The van der Waals surface area contributed by atoms with Gasteiger partial charge in [-0.25, -0.2) is 0 Å². The van der Waals surface area contributed by atoms with Gasteiger partial charge >= 0.3 is 17.9 Å². The standard InChI is InChI=1S/C53H102O6/c1-6-7-8-9-10-11-16-25-30-35-40-45-53(56)59-50(47-58-52(55)44-39-34-29-24-20-15-18-22-27-32-37-42-49(4)5)46-57-51(54)43-38-33-28-23-19-14-12-13-17-21-26-31-36-41-48(2)3/h48-50H,6-47H2,1-5H3/t50-/m1/s1. The summed E-state index contributed by atoms with van der Waals surface area (Å²) in [6.07, 6.45) is 46.6. The summed E-state index contributed by atoms with van der Waals surface area (Å²) in [4.78, 5) is 37.9. The zero-order chi connectivity index (χ0) is 43.3. The summed E-state index contributed by atoms with van der Waals surface area (Å²) in [6.45, 7) is 11.4. The number of ether oxygens (including phenoxy) is 3. The Bertz CT molecular complexity index is 900. The highest BCUT2D eigenvalue weighted by Gasteiger charge is 2.19. The molecule has 59 heavy (non-hydrogen) atoms. The maximum Gasteiger partial charge on any atom is 0.306 e. The third-order valence-corrected chi connectivity index (χ3v) is 12.0. The van der Waals surface area contributed by atoms with Gasteiger partial charge in [0.05, 0.1) is 0 Å². The Hall–Kier alpha value is -1.59. The van der Waals surface area contributed by atoms with Gasteiger partial charge in [-0.15, -0.1) is 0 Å². The molecule has 0 unspecified atom stereocenters. The first-order valence-electron chi connectivity index (χ1n) is 26.2. The summed E-state index contributed by atoms with van der Waals surface area (Å²) in [5, 5.41) is 0. The van der Waals surface area contributed by atoms with Crippen LogP contribution in [0.15, 0.2) is 0 Å². The Morgan fingerprint density at radius 3 is 0.831 bits per heavy atom. The first-order chi connectivity index (χ1) is 28.7. The first kappa shape index (κ1) is 57.4. The number of hydrogen-bond acceptors (Lipinski definition) is 6. The predicted molar refractivity (Wildman–Crippen MR) is 252 cm³/mol. The Labute approximate surface area is 368 Å². The van der Waals surface area contributed by atoms with Crippen LogP contribution in [0, 0.1) is 11.8 Å². The second-order valence-electron chi connectivity index (χ2n) is 19.1. The predicted octanol–water partition coefficient (Wildman–Crippen LogP) is 16.9. The van der Waals surface area contributed by atoms with Crippen molar-refractivity contribution in [2.24, 2.45) is 11.8 Å². The smallest absolute Gasteiger partial charge is 0.306 e. The molecule has 0 radical (unpaired) electrons. The van der Waals surface area contributed by atoms with Crippen LogP contribution in [-0.4, -0.2) is 37.2 Å². The second-order valence-corrected chi connectivity index (χ2v) is 19.1. The fraction of sp³-hybridized carbons (Fsp3) is 0.943. The van der Waals surface area contributed by atoms with Crippen molar-refractivity contribution >= 4 is 17.9 Å². The van der Waals surface area contributed by atoms with Gasteiger partial charge in [0, 0.05) is 19.3 Å². The van der Waals surface area contributed by atoms with Crippen LogP contribution >= 0.6 is 0 Å². The van der Waals surface area contributed by atoms with Gasteiger partial charge < -0.3 is 14.2 Å². The van der Waals surface area contributed by atoms with Crippen LogP contribution in [0.5, 0.6) is 0 Å². The van der Waals surface area contributed by atoms with Crippen LogP contribution in [0.2, 0.25) is 0 Å². The Morgan fingerprint density at radius 1 is 0.322 bits per heavy atom. The van der Waals surface area contributed by atoms with E-state index in [0.29, 0.717) is 19.3 Å². The van der Waals surface area contributed by atoms with Crippen molar-refractivity contribution in [3.05, 3.63) is 0 Å². The highest BCUT2D eigenvalue weighted by Crippen LogP contribution is 2.17. The summed E-state index contributed by atoms with van der Waals surface area (Å²) in [7, 11) is 0. The van der Waals surface area contributed by atoms with E-state index in [2.05, 4.69) is 34.6 Å². The van der Waals surface area contributed by atoms with E-state index in [0.717, 1.165) is 69.6 Å². The minimum Gasteiger partial charge on any atom is -0.462 e. The zero-order valence-electron chi connectivity index (χ0n) is 40.4. The van der Waals surface area contributed by atoms with Crippen LogP contribution in [0.25, 0.3) is 0 Å². The maximum absolute atomic E-state index is 12.8. The molecule has 350 valence electrons. The molecule has 0 aromatic carbocycles. The van der Waals surface area contributed by atoms with E-state index >= 15 is 0 Å².